The smallest absolute Gasteiger partial charge is 0.193 e. The average molecular weight is 419 g/mol. The first-order valence-electron chi connectivity index (χ1n) is 7.67. The molecule has 0 aliphatic heterocycles. The van der Waals surface area contributed by atoms with Gasteiger partial charge in [-0.1, -0.05) is 44.2 Å². The molecule has 1 rings (SSSR count). The van der Waals surface area contributed by atoms with E-state index in [4.69, 9.17) is 4.74 Å². The third-order valence-corrected chi connectivity index (χ3v) is 3.20. The molecule has 0 saturated carbocycles. The van der Waals surface area contributed by atoms with E-state index in [1.807, 2.05) is 20.2 Å². The maximum atomic E-state index is 5.60. The largest absolute Gasteiger partial charge is 0.380 e. The summed E-state index contributed by atoms with van der Waals surface area (Å²) in [5.74, 6) is 1.59. The molecule has 1 N–H and O–H groups in total. The molecule has 0 aliphatic carbocycles. The van der Waals surface area contributed by atoms with Crippen LogP contribution in [0.15, 0.2) is 35.3 Å². The van der Waals surface area contributed by atoms with Crippen molar-refractivity contribution in [1.29, 1.82) is 0 Å². The number of hydrogen-bond donors (Lipinski definition) is 1. The topological polar surface area (TPSA) is 36.9 Å². The van der Waals surface area contributed by atoms with Crippen molar-refractivity contribution in [3.8, 4) is 0 Å². The van der Waals surface area contributed by atoms with E-state index in [0.29, 0.717) is 12.5 Å². The van der Waals surface area contributed by atoms with E-state index in [9.17, 15) is 0 Å². The van der Waals surface area contributed by atoms with Crippen LogP contribution in [0.5, 0.6) is 0 Å². The van der Waals surface area contributed by atoms with Gasteiger partial charge in [-0.25, -0.2) is 0 Å². The molecule has 0 aromatic heterocycles. The Balaban J connectivity index is 0.00000441. The zero-order valence-corrected chi connectivity index (χ0v) is 16.5. The molecule has 0 spiro atoms. The first kappa shape index (κ1) is 21.2. The van der Waals surface area contributed by atoms with E-state index in [0.717, 1.165) is 32.1 Å². The van der Waals surface area contributed by atoms with Gasteiger partial charge >= 0.3 is 0 Å². The molecular weight excluding hydrogens is 389 g/mol. The SMILES string of the molecule is CN=C(NCCOCCC(C)C)N(C)Cc1ccccc1.I. The highest BCUT2D eigenvalue weighted by Gasteiger charge is 2.05. The van der Waals surface area contributed by atoms with E-state index in [2.05, 4.69) is 53.3 Å². The lowest BCUT2D eigenvalue weighted by Gasteiger charge is -2.22. The van der Waals surface area contributed by atoms with E-state index in [1.165, 1.54) is 5.56 Å². The second-order valence-electron chi connectivity index (χ2n) is 5.61. The summed E-state index contributed by atoms with van der Waals surface area (Å²) in [6.07, 6.45) is 1.11. The lowest BCUT2D eigenvalue weighted by Crippen LogP contribution is -2.40. The van der Waals surface area contributed by atoms with Gasteiger partial charge in [0.05, 0.1) is 6.61 Å². The van der Waals surface area contributed by atoms with E-state index in [-0.39, 0.29) is 24.0 Å². The Bertz CT molecular complexity index is 410. The van der Waals surface area contributed by atoms with Crippen molar-refractivity contribution in [2.75, 3.05) is 33.9 Å². The van der Waals surface area contributed by atoms with Crippen molar-refractivity contribution in [2.24, 2.45) is 10.9 Å². The fourth-order valence-corrected chi connectivity index (χ4v) is 1.97. The summed E-state index contributed by atoms with van der Waals surface area (Å²) >= 11 is 0. The van der Waals surface area contributed by atoms with Crippen LogP contribution in [0.1, 0.15) is 25.8 Å². The van der Waals surface area contributed by atoms with Crippen molar-refractivity contribution >= 4 is 29.9 Å². The third kappa shape index (κ3) is 9.25. The molecule has 0 amide bonds. The standard InChI is InChI=1S/C17H29N3O.HI/c1-15(2)10-12-21-13-11-19-17(18-3)20(4)14-16-8-6-5-7-9-16;/h5-9,15H,10-14H2,1-4H3,(H,18,19);1H. The molecule has 4 nitrogen and oxygen atoms in total. The van der Waals surface area contributed by atoms with Gasteiger partial charge in [0.15, 0.2) is 5.96 Å². The van der Waals surface area contributed by atoms with Crippen molar-refractivity contribution in [1.82, 2.24) is 10.2 Å². The Hall–Kier alpha value is -0.820. The van der Waals surface area contributed by atoms with E-state index >= 15 is 0 Å². The zero-order valence-electron chi connectivity index (χ0n) is 14.2. The van der Waals surface area contributed by atoms with Crippen LogP contribution in [0, 0.1) is 5.92 Å². The Labute approximate surface area is 152 Å². The maximum absolute atomic E-state index is 5.60. The highest BCUT2D eigenvalue weighted by atomic mass is 127. The van der Waals surface area contributed by atoms with Crippen LogP contribution in [-0.2, 0) is 11.3 Å². The summed E-state index contributed by atoms with van der Waals surface area (Å²) in [5, 5.41) is 3.33. The molecule has 126 valence electrons. The molecule has 0 fully saturated rings. The Kier molecular flexibility index (Phi) is 12.2. The number of nitrogens with zero attached hydrogens (tertiary/aromatic N) is 2. The van der Waals surface area contributed by atoms with Gasteiger partial charge in [-0.15, -0.1) is 24.0 Å². The van der Waals surface area contributed by atoms with E-state index in [1.54, 1.807) is 0 Å². The number of guanidine groups is 1. The molecule has 1 aromatic carbocycles. The lowest BCUT2D eigenvalue weighted by atomic mass is 10.1. The van der Waals surface area contributed by atoms with Gasteiger partial charge < -0.3 is 15.0 Å². The molecule has 0 radical (unpaired) electrons. The van der Waals surface area contributed by atoms with Crippen molar-refractivity contribution in [3.63, 3.8) is 0 Å². The van der Waals surface area contributed by atoms with Gasteiger partial charge in [-0.3, -0.25) is 4.99 Å². The number of benzene rings is 1. The Morgan fingerprint density at radius 2 is 1.91 bits per heavy atom. The van der Waals surface area contributed by atoms with Gasteiger partial charge in [0, 0.05) is 33.8 Å². The summed E-state index contributed by atoms with van der Waals surface area (Å²) in [4.78, 5) is 6.42. The summed E-state index contributed by atoms with van der Waals surface area (Å²) in [5.41, 5.74) is 1.27. The number of ether oxygens (including phenoxy) is 1. The van der Waals surface area contributed by atoms with Crippen molar-refractivity contribution < 1.29 is 4.74 Å². The first-order chi connectivity index (χ1) is 10.1. The molecule has 0 atom stereocenters. The number of halogens is 1. The van der Waals surface area contributed by atoms with Crippen LogP contribution < -0.4 is 5.32 Å². The third-order valence-electron chi connectivity index (χ3n) is 3.20. The monoisotopic (exact) mass is 419 g/mol. The van der Waals surface area contributed by atoms with Crippen LogP contribution in [0.3, 0.4) is 0 Å². The molecule has 0 unspecified atom stereocenters. The van der Waals surface area contributed by atoms with Gasteiger partial charge in [0.25, 0.3) is 0 Å². The molecule has 0 bridgehead atoms. The molecule has 1 aromatic rings. The molecule has 0 aliphatic rings. The number of aliphatic imine (C=N–C) groups is 1. The van der Waals surface area contributed by atoms with Crippen LogP contribution in [0.25, 0.3) is 0 Å². The molecule has 5 heteroatoms. The van der Waals surface area contributed by atoms with Gasteiger partial charge in [0.1, 0.15) is 0 Å². The van der Waals surface area contributed by atoms with E-state index < -0.39 is 0 Å². The fraction of sp³-hybridized carbons (Fsp3) is 0.588. The molecule has 0 saturated heterocycles. The predicted octanol–water partition coefficient (Wildman–Crippen LogP) is 3.37. The summed E-state index contributed by atoms with van der Waals surface area (Å²) in [6, 6.07) is 10.4. The van der Waals surface area contributed by atoms with Crippen LogP contribution in [0.2, 0.25) is 0 Å². The minimum absolute atomic E-state index is 0. The summed E-state index contributed by atoms with van der Waals surface area (Å²) < 4.78 is 5.60. The second kappa shape index (κ2) is 12.7. The van der Waals surface area contributed by atoms with Gasteiger partial charge in [-0.2, -0.15) is 0 Å². The normalized spacial score (nSPS) is 11.2. The molecule has 22 heavy (non-hydrogen) atoms. The highest BCUT2D eigenvalue weighted by Crippen LogP contribution is 2.02. The average Bonchev–Trinajstić information content (AvgIpc) is 2.47. The minimum atomic E-state index is 0. The van der Waals surface area contributed by atoms with Gasteiger partial charge in [0.2, 0.25) is 0 Å². The Morgan fingerprint density at radius 3 is 2.50 bits per heavy atom. The molecule has 0 heterocycles. The zero-order chi connectivity index (χ0) is 15.5. The van der Waals surface area contributed by atoms with Crippen molar-refractivity contribution in [2.45, 2.75) is 26.8 Å². The quantitative estimate of drug-likeness (QED) is 0.304. The summed E-state index contributed by atoms with van der Waals surface area (Å²) in [6.45, 7) is 7.59. The second-order valence-corrected chi connectivity index (χ2v) is 5.61. The predicted molar refractivity (Wildman–Crippen MR) is 105 cm³/mol. The van der Waals surface area contributed by atoms with Crippen LogP contribution >= 0.6 is 24.0 Å². The number of hydrogen-bond acceptors (Lipinski definition) is 2. The maximum Gasteiger partial charge on any atom is 0.193 e. The number of rotatable bonds is 8. The highest BCUT2D eigenvalue weighted by molar-refractivity contribution is 14.0. The van der Waals surface area contributed by atoms with Crippen LogP contribution in [0.4, 0.5) is 0 Å². The fourth-order valence-electron chi connectivity index (χ4n) is 1.97. The number of nitrogens with one attached hydrogen (secondary N) is 1. The molecular formula is C17H30IN3O. The minimum Gasteiger partial charge on any atom is -0.380 e. The lowest BCUT2D eigenvalue weighted by molar-refractivity contribution is 0.127. The van der Waals surface area contributed by atoms with Crippen LogP contribution in [-0.4, -0.2) is 44.7 Å². The summed E-state index contributed by atoms with van der Waals surface area (Å²) in [7, 11) is 3.85. The Morgan fingerprint density at radius 1 is 1.23 bits per heavy atom. The van der Waals surface area contributed by atoms with Gasteiger partial charge in [-0.05, 0) is 17.9 Å². The van der Waals surface area contributed by atoms with Crippen molar-refractivity contribution in [3.05, 3.63) is 35.9 Å². The first-order valence-corrected chi connectivity index (χ1v) is 7.67.